The third-order valence-electron chi connectivity index (χ3n) is 1.85. The van der Waals surface area contributed by atoms with Gasteiger partial charge in [0.15, 0.2) is 11.6 Å². The van der Waals surface area contributed by atoms with Crippen LogP contribution >= 0.6 is 0 Å². The van der Waals surface area contributed by atoms with Gasteiger partial charge in [-0.25, -0.2) is 4.39 Å². The second kappa shape index (κ2) is 4.50. The van der Waals surface area contributed by atoms with Crippen LogP contribution in [0.2, 0.25) is 0 Å². The standard InChI is InChI=1S/C9H8FNO4/c1-15-9-4-6(2-3-12)8(11(13)14)5-7(9)10/h3-5H,2H2,1H3. The van der Waals surface area contributed by atoms with Crippen LogP contribution < -0.4 is 4.74 Å². The van der Waals surface area contributed by atoms with Gasteiger partial charge in [0, 0.05) is 12.0 Å². The lowest BCUT2D eigenvalue weighted by Gasteiger charge is -2.04. The second-order valence-corrected chi connectivity index (χ2v) is 2.74. The average Bonchev–Trinajstić information content (AvgIpc) is 2.20. The van der Waals surface area contributed by atoms with Crippen molar-refractivity contribution in [1.29, 1.82) is 0 Å². The highest BCUT2D eigenvalue weighted by Gasteiger charge is 2.18. The molecule has 15 heavy (non-hydrogen) atoms. The minimum absolute atomic E-state index is 0.113. The Labute approximate surface area is 84.6 Å². The molecule has 0 saturated carbocycles. The summed E-state index contributed by atoms with van der Waals surface area (Å²) in [5.41, 5.74) is -0.284. The van der Waals surface area contributed by atoms with E-state index < -0.39 is 16.4 Å². The van der Waals surface area contributed by atoms with Crippen molar-refractivity contribution < 1.29 is 18.8 Å². The van der Waals surface area contributed by atoms with Gasteiger partial charge in [0.05, 0.1) is 18.1 Å². The van der Waals surface area contributed by atoms with Crippen LogP contribution in [0.3, 0.4) is 0 Å². The molecule has 80 valence electrons. The number of ether oxygens (including phenoxy) is 1. The van der Waals surface area contributed by atoms with Gasteiger partial charge in [-0.15, -0.1) is 0 Å². The van der Waals surface area contributed by atoms with E-state index in [0.29, 0.717) is 6.29 Å². The van der Waals surface area contributed by atoms with Gasteiger partial charge in [0.1, 0.15) is 6.29 Å². The van der Waals surface area contributed by atoms with Crippen molar-refractivity contribution in [3.05, 3.63) is 33.6 Å². The largest absolute Gasteiger partial charge is 0.494 e. The van der Waals surface area contributed by atoms with Crippen LogP contribution in [-0.4, -0.2) is 18.3 Å². The minimum atomic E-state index is -0.821. The first-order valence-corrected chi connectivity index (χ1v) is 4.04. The summed E-state index contributed by atoms with van der Waals surface area (Å²) in [5, 5.41) is 10.5. The molecular weight excluding hydrogens is 205 g/mol. The van der Waals surface area contributed by atoms with Gasteiger partial charge in [-0.05, 0) is 6.07 Å². The van der Waals surface area contributed by atoms with Gasteiger partial charge in [-0.2, -0.15) is 0 Å². The molecule has 0 atom stereocenters. The van der Waals surface area contributed by atoms with E-state index in [9.17, 15) is 19.3 Å². The number of nitro groups is 1. The average molecular weight is 213 g/mol. The van der Waals surface area contributed by atoms with E-state index in [-0.39, 0.29) is 17.7 Å². The zero-order valence-electron chi connectivity index (χ0n) is 7.90. The van der Waals surface area contributed by atoms with Gasteiger partial charge < -0.3 is 9.53 Å². The molecule has 0 bridgehead atoms. The molecule has 0 aliphatic heterocycles. The lowest BCUT2D eigenvalue weighted by Crippen LogP contribution is -1.99. The van der Waals surface area contributed by atoms with Crippen LogP contribution in [0.25, 0.3) is 0 Å². The Kier molecular flexibility index (Phi) is 3.33. The Morgan fingerprint density at radius 2 is 2.27 bits per heavy atom. The highest BCUT2D eigenvalue weighted by Crippen LogP contribution is 2.27. The van der Waals surface area contributed by atoms with Crippen molar-refractivity contribution >= 4 is 12.0 Å². The first-order chi connectivity index (χ1) is 7.10. The van der Waals surface area contributed by atoms with E-state index in [0.717, 1.165) is 12.1 Å². The molecule has 0 aromatic heterocycles. The Balaban J connectivity index is 3.31. The summed E-state index contributed by atoms with van der Waals surface area (Å²) in [7, 11) is 1.24. The van der Waals surface area contributed by atoms with E-state index in [1.807, 2.05) is 0 Å². The molecule has 0 N–H and O–H groups in total. The van der Waals surface area contributed by atoms with Gasteiger partial charge in [-0.1, -0.05) is 0 Å². The Bertz CT molecular complexity index is 405. The number of nitrogens with zero attached hydrogens (tertiary/aromatic N) is 1. The predicted molar refractivity (Wildman–Crippen MR) is 49.4 cm³/mol. The number of hydrogen-bond donors (Lipinski definition) is 0. The van der Waals surface area contributed by atoms with Crippen LogP contribution in [-0.2, 0) is 11.2 Å². The number of hydrogen-bond acceptors (Lipinski definition) is 4. The van der Waals surface area contributed by atoms with Crippen molar-refractivity contribution in [1.82, 2.24) is 0 Å². The molecule has 0 aliphatic rings. The quantitative estimate of drug-likeness (QED) is 0.431. The maximum atomic E-state index is 13.1. The lowest BCUT2D eigenvalue weighted by molar-refractivity contribution is -0.385. The van der Waals surface area contributed by atoms with Gasteiger partial charge in [0.2, 0.25) is 0 Å². The van der Waals surface area contributed by atoms with Gasteiger partial charge in [-0.3, -0.25) is 10.1 Å². The fourth-order valence-corrected chi connectivity index (χ4v) is 1.16. The Hall–Kier alpha value is -1.98. The number of carbonyl (C=O) groups excluding carboxylic acids is 1. The second-order valence-electron chi connectivity index (χ2n) is 2.74. The van der Waals surface area contributed by atoms with E-state index in [1.54, 1.807) is 0 Å². The molecule has 0 heterocycles. The first kappa shape index (κ1) is 11.1. The van der Waals surface area contributed by atoms with Crippen LogP contribution in [0, 0.1) is 15.9 Å². The summed E-state index contributed by atoms with van der Waals surface area (Å²) in [5.74, 6) is -0.934. The van der Waals surface area contributed by atoms with Crippen molar-refractivity contribution in [2.45, 2.75) is 6.42 Å². The molecule has 0 fully saturated rings. The Morgan fingerprint density at radius 1 is 1.60 bits per heavy atom. The molecule has 6 heteroatoms. The molecule has 0 spiro atoms. The third kappa shape index (κ3) is 2.28. The van der Waals surface area contributed by atoms with Gasteiger partial charge >= 0.3 is 0 Å². The van der Waals surface area contributed by atoms with Crippen molar-refractivity contribution in [3.8, 4) is 5.75 Å². The minimum Gasteiger partial charge on any atom is -0.494 e. The lowest BCUT2D eigenvalue weighted by atomic mass is 10.1. The highest BCUT2D eigenvalue weighted by atomic mass is 19.1. The molecule has 1 aromatic rings. The smallest absolute Gasteiger partial charge is 0.276 e. The van der Waals surface area contributed by atoms with Crippen molar-refractivity contribution in [3.63, 3.8) is 0 Å². The fourth-order valence-electron chi connectivity index (χ4n) is 1.16. The van der Waals surface area contributed by atoms with E-state index in [1.165, 1.54) is 7.11 Å². The molecular formula is C9H8FNO4. The molecule has 0 unspecified atom stereocenters. The number of halogens is 1. The fraction of sp³-hybridized carbons (Fsp3) is 0.222. The van der Waals surface area contributed by atoms with Gasteiger partial charge in [0.25, 0.3) is 5.69 Å². The molecule has 0 saturated heterocycles. The zero-order chi connectivity index (χ0) is 11.4. The normalized spacial score (nSPS) is 9.73. The van der Waals surface area contributed by atoms with E-state index in [2.05, 4.69) is 4.74 Å². The van der Waals surface area contributed by atoms with Crippen LogP contribution in [0.1, 0.15) is 5.56 Å². The molecule has 1 aromatic carbocycles. The summed E-state index contributed by atoms with van der Waals surface area (Å²) < 4.78 is 17.8. The van der Waals surface area contributed by atoms with E-state index >= 15 is 0 Å². The van der Waals surface area contributed by atoms with Crippen LogP contribution in [0.5, 0.6) is 5.75 Å². The first-order valence-electron chi connectivity index (χ1n) is 4.04. The number of methoxy groups -OCH3 is 1. The molecule has 5 nitrogen and oxygen atoms in total. The maximum absolute atomic E-state index is 13.1. The van der Waals surface area contributed by atoms with Crippen LogP contribution in [0.4, 0.5) is 10.1 Å². The summed E-state index contributed by atoms with van der Waals surface area (Å²) >= 11 is 0. The topological polar surface area (TPSA) is 69.4 Å². The maximum Gasteiger partial charge on any atom is 0.276 e. The van der Waals surface area contributed by atoms with Crippen molar-refractivity contribution in [2.24, 2.45) is 0 Å². The number of carbonyl (C=O) groups is 1. The predicted octanol–water partition coefficient (Wildman–Crippen LogP) is 1.48. The summed E-state index contributed by atoms with van der Waals surface area (Å²) in [4.78, 5) is 20.1. The molecule has 1 rings (SSSR count). The number of nitro benzene ring substituents is 1. The zero-order valence-corrected chi connectivity index (χ0v) is 7.90. The SMILES string of the molecule is COc1cc(CC=O)c([N+](=O)[O-])cc1F. The molecule has 0 amide bonds. The molecule has 0 aliphatic carbocycles. The summed E-state index contributed by atoms with van der Waals surface area (Å²) in [6, 6.07) is 1.90. The number of benzene rings is 1. The van der Waals surface area contributed by atoms with E-state index in [4.69, 9.17) is 0 Å². The number of rotatable bonds is 4. The molecule has 0 radical (unpaired) electrons. The van der Waals surface area contributed by atoms with Crippen molar-refractivity contribution in [2.75, 3.05) is 7.11 Å². The number of aldehydes is 1. The van der Waals surface area contributed by atoms with Crippen LogP contribution in [0.15, 0.2) is 12.1 Å². The monoisotopic (exact) mass is 213 g/mol. The third-order valence-corrected chi connectivity index (χ3v) is 1.85. The Morgan fingerprint density at radius 3 is 2.73 bits per heavy atom. The summed E-state index contributed by atoms with van der Waals surface area (Å²) in [6.45, 7) is 0. The summed E-state index contributed by atoms with van der Waals surface area (Å²) in [6.07, 6.45) is 0.368. The highest BCUT2D eigenvalue weighted by molar-refractivity contribution is 5.60.